The van der Waals surface area contributed by atoms with Crippen molar-refractivity contribution in [1.82, 2.24) is 5.32 Å². The van der Waals surface area contributed by atoms with Crippen LogP contribution in [-0.4, -0.2) is 18.9 Å². The number of rotatable bonds is 2. The summed E-state index contributed by atoms with van der Waals surface area (Å²) < 4.78 is 21.7. The van der Waals surface area contributed by atoms with Gasteiger partial charge in [-0.2, -0.15) is 0 Å². The molecule has 1 aliphatic heterocycles. The molecule has 0 saturated heterocycles. The van der Waals surface area contributed by atoms with Gasteiger partial charge in [-0.25, -0.2) is 8.42 Å². The van der Waals surface area contributed by atoms with E-state index in [0.29, 0.717) is 0 Å². The van der Waals surface area contributed by atoms with E-state index in [1.54, 1.807) is 18.5 Å². The normalized spacial score (nSPS) is 24.7. The van der Waals surface area contributed by atoms with Gasteiger partial charge in [0.05, 0.1) is 5.75 Å². The van der Waals surface area contributed by atoms with Gasteiger partial charge < -0.3 is 5.32 Å². The van der Waals surface area contributed by atoms with Gasteiger partial charge in [-0.1, -0.05) is 18.7 Å². The first-order chi connectivity index (χ1) is 4.67. The molecule has 0 aliphatic carbocycles. The van der Waals surface area contributed by atoms with E-state index in [1.165, 1.54) is 11.8 Å². The fraction of sp³-hybridized carbons (Fsp3) is 0.600. The molecule has 0 amide bonds. The zero-order valence-electron chi connectivity index (χ0n) is 5.57. The summed E-state index contributed by atoms with van der Waals surface area (Å²) in [5.74, 6) is 0.194. The van der Waals surface area contributed by atoms with Crippen LogP contribution in [0.4, 0.5) is 0 Å². The van der Waals surface area contributed by atoms with Gasteiger partial charge in [0.25, 0.3) is 0 Å². The summed E-state index contributed by atoms with van der Waals surface area (Å²) >= 11 is 1.29. The fourth-order valence-corrected chi connectivity index (χ4v) is 2.93. The first-order valence-electron chi connectivity index (χ1n) is 2.95. The predicted octanol–water partition coefficient (Wildman–Crippen LogP) is 0.512. The van der Waals surface area contributed by atoms with E-state index in [9.17, 15) is 8.42 Å². The summed E-state index contributed by atoms with van der Waals surface area (Å²) in [6, 6.07) is 0. The average molecular weight is 179 g/mol. The minimum absolute atomic E-state index is 0.194. The lowest BCUT2D eigenvalue weighted by Gasteiger charge is -2.08. The highest BCUT2D eigenvalue weighted by molar-refractivity contribution is 8.15. The van der Waals surface area contributed by atoms with Crippen molar-refractivity contribution in [3.8, 4) is 0 Å². The molecule has 10 heavy (non-hydrogen) atoms. The molecule has 58 valence electrons. The molecule has 1 rings (SSSR count). The van der Waals surface area contributed by atoms with Crippen LogP contribution in [0.25, 0.3) is 0 Å². The van der Waals surface area contributed by atoms with Gasteiger partial charge in [0.2, 0.25) is 0 Å². The van der Waals surface area contributed by atoms with Gasteiger partial charge in [-0.05, 0) is 5.41 Å². The van der Waals surface area contributed by atoms with Gasteiger partial charge >= 0.3 is 0 Å². The van der Waals surface area contributed by atoms with Crippen molar-refractivity contribution in [3.05, 3.63) is 11.6 Å². The molecule has 0 spiro atoms. The quantitative estimate of drug-likeness (QED) is 0.671. The SMILES string of the molecule is CCS(=O)(=O)C1NC=CS1. The average Bonchev–Trinajstić information content (AvgIpc) is 2.38. The topological polar surface area (TPSA) is 46.2 Å². The first-order valence-corrected chi connectivity index (χ1v) is 5.61. The van der Waals surface area contributed by atoms with Gasteiger partial charge in [0, 0.05) is 6.20 Å². The lowest BCUT2D eigenvalue weighted by Crippen LogP contribution is -2.28. The van der Waals surface area contributed by atoms with Gasteiger partial charge in [-0.3, -0.25) is 0 Å². The zero-order valence-corrected chi connectivity index (χ0v) is 7.21. The lowest BCUT2D eigenvalue weighted by atomic mass is 11.0. The highest BCUT2D eigenvalue weighted by Crippen LogP contribution is 2.20. The molecule has 0 aromatic rings. The van der Waals surface area contributed by atoms with E-state index in [1.807, 2.05) is 0 Å². The van der Waals surface area contributed by atoms with Crippen molar-refractivity contribution in [2.45, 2.75) is 11.6 Å². The minimum atomic E-state index is -2.91. The maximum atomic E-state index is 11.1. The van der Waals surface area contributed by atoms with Crippen molar-refractivity contribution in [2.24, 2.45) is 0 Å². The Morgan fingerprint density at radius 3 is 2.80 bits per heavy atom. The maximum Gasteiger partial charge on any atom is 0.180 e. The molecule has 0 saturated carbocycles. The minimum Gasteiger partial charge on any atom is -0.366 e. The van der Waals surface area contributed by atoms with E-state index < -0.39 is 14.5 Å². The molecule has 0 radical (unpaired) electrons. The maximum absolute atomic E-state index is 11.1. The Bertz CT molecular complexity index is 224. The van der Waals surface area contributed by atoms with Crippen LogP contribution in [-0.2, 0) is 9.84 Å². The second-order valence-electron chi connectivity index (χ2n) is 1.89. The summed E-state index contributed by atoms with van der Waals surface area (Å²) in [6.45, 7) is 1.65. The molecule has 1 unspecified atom stereocenters. The summed E-state index contributed by atoms with van der Waals surface area (Å²) in [6.07, 6.45) is 1.66. The van der Waals surface area contributed by atoms with E-state index in [-0.39, 0.29) is 5.75 Å². The molecule has 1 heterocycles. The predicted molar refractivity (Wildman–Crippen MR) is 43.1 cm³/mol. The van der Waals surface area contributed by atoms with E-state index >= 15 is 0 Å². The third-order valence-corrected chi connectivity index (χ3v) is 4.71. The van der Waals surface area contributed by atoms with Crippen LogP contribution in [0.1, 0.15) is 6.92 Å². The molecule has 1 N–H and O–H groups in total. The Morgan fingerprint density at radius 2 is 2.40 bits per heavy atom. The third kappa shape index (κ3) is 1.46. The van der Waals surface area contributed by atoms with Gasteiger partial charge in [-0.15, -0.1) is 0 Å². The molecule has 0 aromatic heterocycles. The van der Waals surface area contributed by atoms with Gasteiger partial charge in [0.1, 0.15) is 0 Å². The van der Waals surface area contributed by atoms with Crippen molar-refractivity contribution in [1.29, 1.82) is 0 Å². The molecule has 0 fully saturated rings. The van der Waals surface area contributed by atoms with E-state index in [4.69, 9.17) is 0 Å². The largest absolute Gasteiger partial charge is 0.366 e. The summed E-state index contributed by atoms with van der Waals surface area (Å²) in [7, 11) is -2.91. The molecule has 0 aromatic carbocycles. The Hall–Kier alpha value is -0.160. The Kier molecular flexibility index (Phi) is 2.25. The van der Waals surface area contributed by atoms with Crippen LogP contribution in [0.3, 0.4) is 0 Å². The molecule has 3 nitrogen and oxygen atoms in total. The van der Waals surface area contributed by atoms with Crippen LogP contribution >= 0.6 is 11.8 Å². The Morgan fingerprint density at radius 1 is 1.70 bits per heavy atom. The molecule has 5 heteroatoms. The first kappa shape index (κ1) is 7.94. The van der Waals surface area contributed by atoms with Crippen LogP contribution in [0.2, 0.25) is 0 Å². The lowest BCUT2D eigenvalue weighted by molar-refractivity contribution is 0.591. The van der Waals surface area contributed by atoms with Crippen LogP contribution in [0, 0.1) is 0 Å². The Labute approximate surface area is 64.8 Å². The number of sulfone groups is 1. The highest BCUT2D eigenvalue weighted by atomic mass is 32.3. The van der Waals surface area contributed by atoms with Crippen molar-refractivity contribution < 1.29 is 8.42 Å². The summed E-state index contributed by atoms with van der Waals surface area (Å²) in [5, 5.41) is 4.49. The number of thioether (sulfide) groups is 1. The molecule has 1 atom stereocenters. The van der Waals surface area contributed by atoms with Crippen LogP contribution < -0.4 is 5.32 Å². The number of nitrogens with one attached hydrogen (secondary N) is 1. The second kappa shape index (κ2) is 2.84. The zero-order chi connectivity index (χ0) is 7.61. The van der Waals surface area contributed by atoms with Crippen molar-refractivity contribution in [2.75, 3.05) is 5.75 Å². The molecular weight excluding hydrogens is 170 g/mol. The fourth-order valence-electron chi connectivity index (χ4n) is 0.607. The number of hydrogen-bond acceptors (Lipinski definition) is 4. The summed E-state index contributed by atoms with van der Waals surface area (Å²) in [5.41, 5.74) is 0. The van der Waals surface area contributed by atoms with Gasteiger partial charge in [0.15, 0.2) is 14.5 Å². The highest BCUT2D eigenvalue weighted by Gasteiger charge is 2.23. The monoisotopic (exact) mass is 179 g/mol. The Balaban J connectivity index is 2.67. The van der Waals surface area contributed by atoms with Crippen LogP contribution in [0.15, 0.2) is 11.6 Å². The van der Waals surface area contributed by atoms with E-state index in [0.717, 1.165) is 0 Å². The second-order valence-corrected chi connectivity index (χ2v) is 5.58. The van der Waals surface area contributed by atoms with E-state index in [2.05, 4.69) is 5.32 Å². The molecular formula is C5H9NO2S2. The smallest absolute Gasteiger partial charge is 0.180 e. The van der Waals surface area contributed by atoms with Crippen molar-refractivity contribution >= 4 is 21.6 Å². The van der Waals surface area contributed by atoms with Crippen molar-refractivity contribution in [3.63, 3.8) is 0 Å². The third-order valence-electron chi connectivity index (χ3n) is 1.23. The summed E-state index contributed by atoms with van der Waals surface area (Å²) in [4.78, 5) is 0. The number of hydrogen-bond donors (Lipinski definition) is 1. The van der Waals surface area contributed by atoms with Crippen LogP contribution in [0.5, 0.6) is 0 Å². The standard InChI is InChI=1S/C5H9NO2S2/c1-2-10(7,8)5-6-3-4-9-5/h3-6H,2H2,1H3. The molecule has 1 aliphatic rings. The molecule has 0 bridgehead atoms.